The van der Waals surface area contributed by atoms with Gasteiger partial charge in [-0.05, 0) is 31.4 Å². The molecule has 1 aliphatic rings. The first-order chi connectivity index (χ1) is 11.2. The Hall–Kier alpha value is -1.76. The van der Waals surface area contributed by atoms with E-state index >= 15 is 0 Å². The molecule has 0 atom stereocenters. The number of hydrogen-bond donors (Lipinski definition) is 1. The Morgan fingerprint density at radius 2 is 2.43 bits per heavy atom. The monoisotopic (exact) mass is 334 g/mol. The van der Waals surface area contributed by atoms with Crippen molar-refractivity contribution in [3.63, 3.8) is 0 Å². The highest BCUT2D eigenvalue weighted by Crippen LogP contribution is 2.15. The highest BCUT2D eigenvalue weighted by Gasteiger charge is 2.12. The van der Waals surface area contributed by atoms with Crippen LogP contribution in [0.5, 0.6) is 0 Å². The molecule has 23 heavy (non-hydrogen) atoms. The van der Waals surface area contributed by atoms with Crippen molar-refractivity contribution in [1.82, 2.24) is 10.3 Å². The lowest BCUT2D eigenvalue weighted by Crippen LogP contribution is -2.17. The van der Waals surface area contributed by atoms with Crippen LogP contribution >= 0.6 is 11.3 Å². The quantitative estimate of drug-likeness (QED) is 0.778. The van der Waals surface area contributed by atoms with Crippen molar-refractivity contribution in [2.75, 3.05) is 19.8 Å². The number of amides is 1. The van der Waals surface area contributed by atoms with Gasteiger partial charge in [0.1, 0.15) is 0 Å². The second-order valence-electron chi connectivity index (χ2n) is 5.24. The third-order valence-electron chi connectivity index (χ3n) is 3.16. The van der Waals surface area contributed by atoms with E-state index in [4.69, 9.17) is 9.47 Å². The molecule has 2 rings (SSSR count). The first-order valence-corrected chi connectivity index (χ1v) is 8.38. The SMILES string of the molecule is C/C=C\C=C(/C)COCc1cnc(C(=O)N/C=C2\CCOC2)s1. The van der Waals surface area contributed by atoms with Gasteiger partial charge in [-0.1, -0.05) is 18.2 Å². The molecule has 1 N–H and O–H groups in total. The van der Waals surface area contributed by atoms with Gasteiger partial charge in [0.15, 0.2) is 5.01 Å². The number of nitrogens with zero attached hydrogens (tertiary/aromatic N) is 1. The predicted molar refractivity (Wildman–Crippen MR) is 91.3 cm³/mol. The average Bonchev–Trinajstić information content (AvgIpc) is 3.22. The van der Waals surface area contributed by atoms with Crippen LogP contribution in [0.15, 0.2) is 41.8 Å². The van der Waals surface area contributed by atoms with Crippen LogP contribution < -0.4 is 5.32 Å². The molecular weight excluding hydrogens is 312 g/mol. The Morgan fingerprint density at radius 3 is 3.17 bits per heavy atom. The molecule has 5 nitrogen and oxygen atoms in total. The minimum atomic E-state index is -0.190. The third kappa shape index (κ3) is 6.09. The number of aromatic nitrogens is 1. The Balaban J connectivity index is 1.78. The summed E-state index contributed by atoms with van der Waals surface area (Å²) in [5.74, 6) is -0.190. The molecule has 1 aromatic heterocycles. The minimum Gasteiger partial charge on any atom is -0.377 e. The smallest absolute Gasteiger partial charge is 0.284 e. The highest BCUT2D eigenvalue weighted by molar-refractivity contribution is 7.13. The molecule has 1 amide bonds. The zero-order chi connectivity index (χ0) is 16.5. The van der Waals surface area contributed by atoms with Crippen LogP contribution in [-0.4, -0.2) is 30.7 Å². The van der Waals surface area contributed by atoms with Crippen molar-refractivity contribution < 1.29 is 14.3 Å². The molecule has 0 unspecified atom stereocenters. The number of allylic oxidation sites excluding steroid dienone is 3. The summed E-state index contributed by atoms with van der Waals surface area (Å²) in [7, 11) is 0. The predicted octanol–water partition coefficient (Wildman–Crippen LogP) is 3.22. The molecule has 0 spiro atoms. The van der Waals surface area contributed by atoms with Gasteiger partial charge in [-0.25, -0.2) is 4.98 Å². The van der Waals surface area contributed by atoms with Crippen LogP contribution in [0.4, 0.5) is 0 Å². The molecule has 0 aromatic carbocycles. The lowest BCUT2D eigenvalue weighted by molar-refractivity contribution is 0.0969. The fraction of sp³-hybridized carbons (Fsp3) is 0.412. The maximum absolute atomic E-state index is 12.0. The van der Waals surface area contributed by atoms with Crippen LogP contribution in [0.3, 0.4) is 0 Å². The summed E-state index contributed by atoms with van der Waals surface area (Å²) in [6.07, 6.45) is 10.3. The van der Waals surface area contributed by atoms with Gasteiger partial charge in [0, 0.05) is 12.4 Å². The van der Waals surface area contributed by atoms with E-state index in [0.717, 1.165) is 29.1 Å². The number of rotatable bonds is 7. The second kappa shape index (κ2) is 9.39. The van der Waals surface area contributed by atoms with Crippen LogP contribution in [-0.2, 0) is 16.1 Å². The van der Waals surface area contributed by atoms with E-state index in [-0.39, 0.29) is 5.91 Å². The summed E-state index contributed by atoms with van der Waals surface area (Å²) in [4.78, 5) is 17.1. The highest BCUT2D eigenvalue weighted by atomic mass is 32.1. The number of carbonyl (C=O) groups excluding carboxylic acids is 1. The van der Waals surface area contributed by atoms with Gasteiger partial charge in [-0.2, -0.15) is 0 Å². The fourth-order valence-corrected chi connectivity index (χ4v) is 2.68. The number of ether oxygens (including phenoxy) is 2. The number of carbonyl (C=O) groups is 1. The third-order valence-corrected chi connectivity index (χ3v) is 4.13. The van der Waals surface area contributed by atoms with Gasteiger partial charge in [-0.15, -0.1) is 11.3 Å². The molecule has 0 saturated carbocycles. The van der Waals surface area contributed by atoms with E-state index in [2.05, 4.69) is 10.3 Å². The van der Waals surface area contributed by atoms with Crippen molar-refractivity contribution >= 4 is 17.2 Å². The Kier molecular flexibility index (Phi) is 7.19. The van der Waals surface area contributed by atoms with Crippen molar-refractivity contribution in [1.29, 1.82) is 0 Å². The standard InChI is InChI=1S/C17H22N2O3S/c1-3-4-5-13(2)10-22-12-15-9-19-17(23-15)16(20)18-8-14-6-7-21-11-14/h3-5,8-9H,6-7,10-12H2,1-2H3,(H,18,20)/b4-3-,13-5+,14-8+. The summed E-state index contributed by atoms with van der Waals surface area (Å²) < 4.78 is 10.9. The van der Waals surface area contributed by atoms with Crippen LogP contribution in [0.1, 0.15) is 34.9 Å². The zero-order valence-corrected chi connectivity index (χ0v) is 14.3. The Bertz CT molecular complexity index is 609. The molecular formula is C17H22N2O3S. The molecule has 0 radical (unpaired) electrons. The normalized spacial score (nSPS) is 17.3. The van der Waals surface area contributed by atoms with Gasteiger partial charge < -0.3 is 14.8 Å². The van der Waals surface area contributed by atoms with Crippen LogP contribution in [0, 0.1) is 0 Å². The number of nitrogens with one attached hydrogen (secondary N) is 1. The van der Waals surface area contributed by atoms with Crippen molar-refractivity contribution in [3.05, 3.63) is 51.7 Å². The maximum atomic E-state index is 12.0. The summed E-state index contributed by atoms with van der Waals surface area (Å²) in [5, 5.41) is 3.21. The zero-order valence-electron chi connectivity index (χ0n) is 13.5. The largest absolute Gasteiger partial charge is 0.377 e. The topological polar surface area (TPSA) is 60.5 Å². The van der Waals surface area contributed by atoms with E-state index in [1.807, 2.05) is 32.1 Å². The van der Waals surface area contributed by atoms with Gasteiger partial charge in [0.05, 0.1) is 31.3 Å². The van der Waals surface area contributed by atoms with E-state index in [0.29, 0.717) is 24.8 Å². The molecule has 124 valence electrons. The van der Waals surface area contributed by atoms with Gasteiger partial charge in [0.2, 0.25) is 0 Å². The molecule has 1 saturated heterocycles. The average molecular weight is 334 g/mol. The first kappa shape index (κ1) is 17.6. The van der Waals surface area contributed by atoms with Crippen LogP contribution in [0.2, 0.25) is 0 Å². The van der Waals surface area contributed by atoms with Crippen molar-refractivity contribution in [2.45, 2.75) is 26.9 Å². The summed E-state index contributed by atoms with van der Waals surface area (Å²) >= 11 is 1.35. The number of hydrogen-bond acceptors (Lipinski definition) is 5. The first-order valence-electron chi connectivity index (χ1n) is 7.56. The van der Waals surface area contributed by atoms with Gasteiger partial charge >= 0.3 is 0 Å². The lowest BCUT2D eigenvalue weighted by Gasteiger charge is -2.01. The van der Waals surface area contributed by atoms with Crippen molar-refractivity contribution in [2.24, 2.45) is 0 Å². The summed E-state index contributed by atoms with van der Waals surface area (Å²) in [6.45, 7) is 6.34. The van der Waals surface area contributed by atoms with Crippen LogP contribution in [0.25, 0.3) is 0 Å². The minimum absolute atomic E-state index is 0.190. The molecule has 2 heterocycles. The summed E-state index contributed by atoms with van der Waals surface area (Å²) in [5.41, 5.74) is 2.25. The number of thiazole rings is 1. The van der Waals surface area contributed by atoms with Gasteiger partial charge in [-0.3, -0.25) is 4.79 Å². The second-order valence-corrected chi connectivity index (χ2v) is 6.36. The molecule has 1 fully saturated rings. The molecule has 1 aromatic rings. The van der Waals surface area contributed by atoms with Gasteiger partial charge in [0.25, 0.3) is 5.91 Å². The molecule has 6 heteroatoms. The maximum Gasteiger partial charge on any atom is 0.284 e. The van der Waals surface area contributed by atoms with E-state index in [1.54, 1.807) is 12.4 Å². The van der Waals surface area contributed by atoms with E-state index in [9.17, 15) is 4.79 Å². The van der Waals surface area contributed by atoms with E-state index < -0.39 is 0 Å². The lowest BCUT2D eigenvalue weighted by atomic mass is 10.2. The van der Waals surface area contributed by atoms with E-state index in [1.165, 1.54) is 11.3 Å². The van der Waals surface area contributed by atoms with Crippen molar-refractivity contribution in [3.8, 4) is 0 Å². The Morgan fingerprint density at radius 1 is 1.57 bits per heavy atom. The fourth-order valence-electron chi connectivity index (χ4n) is 1.92. The Labute approximate surface area is 140 Å². The summed E-state index contributed by atoms with van der Waals surface area (Å²) in [6, 6.07) is 0. The molecule has 1 aliphatic heterocycles. The molecule has 0 aliphatic carbocycles. The molecule has 0 bridgehead atoms.